The van der Waals surface area contributed by atoms with Gasteiger partial charge >= 0.3 is 15.5 Å². The molecule has 12 heteroatoms. The van der Waals surface area contributed by atoms with E-state index in [1.165, 1.54) is 0 Å². The molecule has 1 heterocycles. The third-order valence-corrected chi connectivity index (χ3v) is 6.56. The first-order valence-electron chi connectivity index (χ1n) is 9.20. The first-order chi connectivity index (χ1) is 13.6. The van der Waals surface area contributed by atoms with E-state index in [2.05, 4.69) is 10.3 Å². The van der Waals surface area contributed by atoms with Gasteiger partial charge in [-0.3, -0.25) is 4.99 Å². The molecule has 1 saturated heterocycles. The van der Waals surface area contributed by atoms with Gasteiger partial charge in [-0.05, 0) is 24.8 Å². The number of guanidine groups is 1. The van der Waals surface area contributed by atoms with E-state index in [1.807, 2.05) is 36.2 Å². The van der Waals surface area contributed by atoms with Crippen molar-refractivity contribution in [2.45, 2.75) is 24.9 Å². The summed E-state index contributed by atoms with van der Waals surface area (Å²) in [6.07, 6.45) is 0.713. The molecule has 0 aromatic heterocycles. The van der Waals surface area contributed by atoms with Gasteiger partial charge in [0.1, 0.15) is 5.75 Å². The lowest BCUT2D eigenvalue weighted by Gasteiger charge is -2.32. The summed E-state index contributed by atoms with van der Waals surface area (Å²) in [6.45, 7) is 0.794. The number of hydrogen-bond donors (Lipinski definition) is 1. The van der Waals surface area contributed by atoms with Gasteiger partial charge in [-0.25, -0.2) is 8.42 Å². The molecule has 0 saturated carbocycles. The van der Waals surface area contributed by atoms with Crippen molar-refractivity contribution in [1.29, 1.82) is 0 Å². The predicted octanol–water partition coefficient (Wildman–Crippen LogP) is 2.88. The van der Waals surface area contributed by atoms with Crippen molar-refractivity contribution >= 4 is 40.0 Å². The summed E-state index contributed by atoms with van der Waals surface area (Å²) in [4.78, 5) is 6.16. The quantitative estimate of drug-likeness (QED) is 0.327. The number of piperidine rings is 1. The Morgan fingerprint density at radius 2 is 1.90 bits per heavy atom. The first-order valence-corrected chi connectivity index (χ1v) is 10.6. The Hall–Kier alpha value is -1.28. The van der Waals surface area contributed by atoms with Crippen LogP contribution >= 0.6 is 24.0 Å². The van der Waals surface area contributed by atoms with Crippen molar-refractivity contribution in [2.24, 2.45) is 10.9 Å². The normalized spacial score (nSPS) is 16.7. The zero-order valence-electron chi connectivity index (χ0n) is 17.1. The molecule has 0 spiro atoms. The van der Waals surface area contributed by atoms with Crippen molar-refractivity contribution in [3.8, 4) is 5.75 Å². The summed E-state index contributed by atoms with van der Waals surface area (Å²) >= 11 is 0. The van der Waals surface area contributed by atoms with Crippen LogP contribution in [0.15, 0.2) is 29.3 Å². The van der Waals surface area contributed by atoms with Crippen LogP contribution in [0.25, 0.3) is 0 Å². The highest BCUT2D eigenvalue weighted by Crippen LogP contribution is 2.30. The molecule has 0 radical (unpaired) electrons. The standard InChI is InChI=1S/C18H27F3N4O3S.HI/c1-22-17(24(2)13-15-6-4-5-7-16(15)28-3)23-12-14-8-10-25(11-9-14)29(26,27)18(19,20)21;/h4-7,14H,8-13H2,1-3H3,(H,22,23);1H. The van der Waals surface area contributed by atoms with Crippen LogP contribution < -0.4 is 10.1 Å². The lowest BCUT2D eigenvalue weighted by Crippen LogP contribution is -2.47. The molecule has 2 rings (SSSR count). The number of aliphatic imine (C=N–C) groups is 1. The molecule has 172 valence electrons. The average molecular weight is 564 g/mol. The van der Waals surface area contributed by atoms with Crippen LogP contribution in [-0.4, -0.2) is 69.9 Å². The molecule has 30 heavy (non-hydrogen) atoms. The number of sulfonamides is 1. The van der Waals surface area contributed by atoms with E-state index < -0.39 is 15.5 Å². The SMILES string of the molecule is CN=C(NCC1CCN(S(=O)(=O)C(F)(F)F)CC1)N(C)Cc1ccccc1OC.I. The van der Waals surface area contributed by atoms with Crippen LogP contribution in [0.5, 0.6) is 5.75 Å². The van der Waals surface area contributed by atoms with E-state index in [0.29, 0.717) is 36.2 Å². The Morgan fingerprint density at radius 1 is 1.30 bits per heavy atom. The number of methoxy groups -OCH3 is 1. The van der Waals surface area contributed by atoms with Gasteiger partial charge in [0.05, 0.1) is 7.11 Å². The van der Waals surface area contributed by atoms with E-state index >= 15 is 0 Å². The second kappa shape index (κ2) is 11.4. The zero-order valence-corrected chi connectivity index (χ0v) is 20.3. The van der Waals surface area contributed by atoms with Crippen molar-refractivity contribution in [2.75, 3.05) is 40.8 Å². The molecule has 0 atom stereocenters. The molecule has 0 amide bonds. The number of rotatable bonds is 6. The van der Waals surface area contributed by atoms with Gasteiger partial charge in [0.15, 0.2) is 5.96 Å². The fourth-order valence-electron chi connectivity index (χ4n) is 3.28. The molecular formula is C18H28F3IN4O3S. The highest BCUT2D eigenvalue weighted by molar-refractivity contribution is 14.0. The summed E-state index contributed by atoms with van der Waals surface area (Å²) in [6, 6.07) is 7.65. The Kier molecular flexibility index (Phi) is 10.1. The molecule has 1 aliphatic rings. The summed E-state index contributed by atoms with van der Waals surface area (Å²) in [7, 11) is -0.108. The number of hydrogen-bond acceptors (Lipinski definition) is 4. The monoisotopic (exact) mass is 564 g/mol. The Morgan fingerprint density at radius 3 is 2.43 bits per heavy atom. The maximum Gasteiger partial charge on any atom is 0.511 e. The Balaban J connectivity index is 0.00000450. The van der Waals surface area contributed by atoms with Crippen molar-refractivity contribution in [3.05, 3.63) is 29.8 Å². The summed E-state index contributed by atoms with van der Waals surface area (Å²) < 4.78 is 66.9. The fraction of sp³-hybridized carbons (Fsp3) is 0.611. The van der Waals surface area contributed by atoms with Crippen LogP contribution in [0.4, 0.5) is 13.2 Å². The Labute approximate surface area is 192 Å². The van der Waals surface area contributed by atoms with Crippen LogP contribution in [0.3, 0.4) is 0 Å². The number of alkyl halides is 3. The van der Waals surface area contributed by atoms with Crippen LogP contribution in [-0.2, 0) is 16.6 Å². The lowest BCUT2D eigenvalue weighted by atomic mass is 9.98. The van der Waals surface area contributed by atoms with Gasteiger partial charge in [-0.2, -0.15) is 17.5 Å². The van der Waals surface area contributed by atoms with Crippen LogP contribution in [0.1, 0.15) is 18.4 Å². The minimum Gasteiger partial charge on any atom is -0.496 e. The minimum atomic E-state index is -5.25. The van der Waals surface area contributed by atoms with E-state index in [4.69, 9.17) is 4.74 Å². The second-order valence-corrected chi connectivity index (χ2v) is 8.82. The third kappa shape index (κ3) is 6.61. The van der Waals surface area contributed by atoms with E-state index in [-0.39, 0.29) is 43.0 Å². The van der Waals surface area contributed by atoms with E-state index in [0.717, 1.165) is 11.3 Å². The molecule has 1 aromatic carbocycles. The smallest absolute Gasteiger partial charge is 0.496 e. The minimum absolute atomic E-state index is 0. The van der Waals surface area contributed by atoms with Gasteiger partial charge in [0, 0.05) is 45.8 Å². The largest absolute Gasteiger partial charge is 0.511 e. The number of benzene rings is 1. The second-order valence-electron chi connectivity index (χ2n) is 6.89. The highest BCUT2D eigenvalue weighted by Gasteiger charge is 2.50. The summed E-state index contributed by atoms with van der Waals surface area (Å²) in [5, 5.41) is 3.23. The van der Waals surface area contributed by atoms with Gasteiger partial charge in [0.25, 0.3) is 0 Å². The summed E-state index contributed by atoms with van der Waals surface area (Å²) in [5.41, 5.74) is -4.26. The maximum absolute atomic E-state index is 12.7. The van der Waals surface area contributed by atoms with E-state index in [1.54, 1.807) is 14.2 Å². The molecule has 1 fully saturated rings. The predicted molar refractivity (Wildman–Crippen MR) is 121 cm³/mol. The van der Waals surface area contributed by atoms with Crippen molar-refractivity contribution in [1.82, 2.24) is 14.5 Å². The third-order valence-electron chi connectivity index (χ3n) is 4.93. The molecule has 1 aromatic rings. The highest BCUT2D eigenvalue weighted by atomic mass is 127. The molecule has 1 aliphatic heterocycles. The Bertz CT molecular complexity index is 813. The number of halogens is 4. The van der Waals surface area contributed by atoms with Crippen molar-refractivity contribution in [3.63, 3.8) is 0 Å². The zero-order chi connectivity index (χ0) is 21.7. The fourth-order valence-corrected chi connectivity index (χ4v) is 4.27. The molecule has 1 N–H and O–H groups in total. The van der Waals surface area contributed by atoms with Gasteiger partial charge in [-0.1, -0.05) is 18.2 Å². The summed E-state index contributed by atoms with van der Waals surface area (Å²) in [5.74, 6) is 1.47. The van der Waals surface area contributed by atoms with Crippen LogP contribution in [0.2, 0.25) is 0 Å². The van der Waals surface area contributed by atoms with Gasteiger partial charge in [-0.15, -0.1) is 24.0 Å². The molecule has 0 unspecified atom stereocenters. The molecule has 7 nitrogen and oxygen atoms in total. The lowest BCUT2D eigenvalue weighted by molar-refractivity contribution is -0.0496. The molecular weight excluding hydrogens is 536 g/mol. The number of nitrogens with zero attached hydrogens (tertiary/aromatic N) is 3. The average Bonchev–Trinajstić information content (AvgIpc) is 2.68. The van der Waals surface area contributed by atoms with Gasteiger partial charge < -0.3 is 15.0 Å². The number of ether oxygens (including phenoxy) is 1. The topological polar surface area (TPSA) is 74.2 Å². The number of para-hydroxylation sites is 1. The van der Waals surface area contributed by atoms with E-state index in [9.17, 15) is 21.6 Å². The maximum atomic E-state index is 12.7. The van der Waals surface area contributed by atoms with Crippen LogP contribution in [0, 0.1) is 5.92 Å². The van der Waals surface area contributed by atoms with Gasteiger partial charge in [0.2, 0.25) is 0 Å². The molecule has 0 aliphatic carbocycles. The molecule has 0 bridgehead atoms. The van der Waals surface area contributed by atoms with Crippen molar-refractivity contribution < 1.29 is 26.3 Å². The number of nitrogens with one attached hydrogen (secondary N) is 1. The first kappa shape index (κ1) is 26.8.